The molecular weight excluding hydrogens is 2060 g/mol. The number of aromatic hydroxyl groups is 4. The van der Waals surface area contributed by atoms with Crippen LogP contribution < -0.4 is 78.9 Å². The lowest BCUT2D eigenvalue weighted by Gasteiger charge is -2.24. The molecule has 0 amide bonds. The summed E-state index contributed by atoms with van der Waals surface area (Å²) < 4.78 is 170. The van der Waals surface area contributed by atoms with Gasteiger partial charge in [0.2, 0.25) is 30.1 Å². The summed E-state index contributed by atoms with van der Waals surface area (Å²) in [5.74, 6) is -3.13. The third-order valence-electron chi connectivity index (χ3n) is 22.5. The maximum absolute atomic E-state index is 13.7. The molecule has 142 heavy (non-hydrogen) atoms. The Hall–Kier alpha value is -14.7. The van der Waals surface area contributed by atoms with Gasteiger partial charge in [-0.1, -0.05) is 136 Å². The SMILES string of the molecule is CS(=O)(=O)Nc1ccc2c(c1)P(=O)(O)N=C(c1c(O)c3ccccc3n(Cc3ccc(F)c(Cl)c3)c1=O)N2.CS(=O)(=O)Nc1ccc2c(c1)P(=O)(O)N=C(c1c(O)c3ccccc3n(Cc3ccccc3)c1=O)N2.CS(=O)(=O)Nc1ccc2c(c1)P(=O)(O)N=C(c1c(O)c3ccccc3n(Cc3ccoc3)c1=O)N2.Cc1ccc2c(c1)P(=O)(O)N=C(c1c(O)c3ccccc3n(Cc3cccc(Br)c3)c1=O)N2. The van der Waals surface area contributed by atoms with Crippen LogP contribution in [0.15, 0.2) is 308 Å². The first-order chi connectivity index (χ1) is 67.1. The van der Waals surface area contributed by atoms with Gasteiger partial charge in [-0.3, -0.25) is 51.6 Å². The average molecular weight is 2140 g/mol. The number of sulfonamides is 3. The zero-order chi connectivity index (χ0) is 101. The number of amidine groups is 4. The monoisotopic (exact) mass is 2140 g/mol. The van der Waals surface area contributed by atoms with E-state index in [2.05, 4.69) is 70.4 Å². The van der Waals surface area contributed by atoms with Gasteiger partial charge in [0, 0.05) is 48.6 Å². The van der Waals surface area contributed by atoms with Crippen molar-refractivity contribution in [3.8, 4) is 23.0 Å². The van der Waals surface area contributed by atoms with Crippen LogP contribution in [0.3, 0.4) is 0 Å². The molecule has 11 aromatic carbocycles. The van der Waals surface area contributed by atoms with Crippen molar-refractivity contribution in [3.05, 3.63) is 368 Å². The second-order valence-corrected chi connectivity index (χ2v) is 46.5. The minimum absolute atomic E-state index is 0.0478. The fourth-order valence-electron chi connectivity index (χ4n) is 16.3. The van der Waals surface area contributed by atoms with Crippen molar-refractivity contribution in [3.63, 3.8) is 0 Å². The molecule has 0 saturated carbocycles. The van der Waals surface area contributed by atoms with Crippen LogP contribution in [0.1, 0.15) is 50.1 Å². The molecule has 5 aromatic heterocycles. The maximum Gasteiger partial charge on any atom is 0.346 e. The highest BCUT2D eigenvalue weighted by atomic mass is 79.9. The average Bonchev–Trinajstić information content (AvgIpc) is 0.829. The summed E-state index contributed by atoms with van der Waals surface area (Å²) in [6.45, 7) is 2.34. The highest BCUT2D eigenvalue weighted by Crippen LogP contribution is 2.52. The van der Waals surface area contributed by atoms with Gasteiger partial charge in [-0.2, -0.15) is 19.1 Å². The number of halogens is 3. The number of anilines is 7. The first-order valence-electron chi connectivity index (χ1n) is 42.1. The lowest BCUT2D eigenvalue weighted by molar-refractivity contribution is 0.477. The summed E-state index contributed by atoms with van der Waals surface area (Å²) in [6.07, 6.45) is 5.82. The van der Waals surface area contributed by atoms with Crippen molar-refractivity contribution in [2.45, 2.75) is 33.1 Å². The number of furan rings is 1. The predicted molar refractivity (Wildman–Crippen MR) is 551 cm³/mol. The van der Waals surface area contributed by atoms with Gasteiger partial charge in [0.05, 0.1) is 129 Å². The first kappa shape index (κ1) is 98.9. The van der Waals surface area contributed by atoms with Gasteiger partial charge < -0.3 is 84.0 Å². The molecule has 4 aliphatic heterocycles. The van der Waals surface area contributed by atoms with Gasteiger partial charge in [0.1, 0.15) is 51.1 Å². The Morgan fingerprint density at radius 1 is 0.373 bits per heavy atom. The zero-order valence-electron chi connectivity index (χ0n) is 74.1. The number of aryl methyl sites for hydroxylation is 1. The van der Waals surface area contributed by atoms with E-state index in [9.17, 15) is 107 Å². The second-order valence-electron chi connectivity index (χ2n) is 32.8. The Morgan fingerprint density at radius 3 is 1.00 bits per heavy atom. The van der Waals surface area contributed by atoms with Gasteiger partial charge in [0.25, 0.3) is 22.2 Å². The van der Waals surface area contributed by atoms with E-state index in [0.717, 1.165) is 39.9 Å². The molecule has 0 fully saturated rings. The van der Waals surface area contributed by atoms with Crippen LogP contribution in [0.5, 0.6) is 23.0 Å². The van der Waals surface area contributed by atoms with E-state index in [1.54, 1.807) is 121 Å². The van der Waals surface area contributed by atoms with E-state index >= 15 is 0 Å². The number of para-hydroxylation sites is 4. The molecular formula is C94H78BrClFN15O23P4S3. The molecule has 0 bridgehead atoms. The van der Waals surface area contributed by atoms with Crippen LogP contribution in [0.25, 0.3) is 43.6 Å². The van der Waals surface area contributed by atoms with Crippen molar-refractivity contribution < 1.29 is 92.3 Å². The molecule has 0 aliphatic carbocycles. The Kier molecular flexibility index (Phi) is 26.7. The lowest BCUT2D eigenvalue weighted by Crippen LogP contribution is -2.33. The van der Waals surface area contributed by atoms with E-state index < -0.39 is 94.0 Å². The van der Waals surface area contributed by atoms with E-state index in [0.29, 0.717) is 55.0 Å². The lowest BCUT2D eigenvalue weighted by atomic mass is 10.1. The van der Waals surface area contributed by atoms with Crippen LogP contribution in [-0.2, 0) is 74.5 Å². The molecule has 38 nitrogen and oxygen atoms in total. The number of hydrogen-bond acceptors (Lipinski definition) is 23. The number of pyridine rings is 4. The van der Waals surface area contributed by atoms with Gasteiger partial charge in [0.15, 0.2) is 23.3 Å². The van der Waals surface area contributed by atoms with Gasteiger partial charge in [-0.15, -0.1) is 0 Å². The molecule has 4 aliphatic rings. The number of rotatable bonds is 18. The molecule has 0 saturated heterocycles. The van der Waals surface area contributed by atoms with Crippen LogP contribution in [0, 0.1) is 12.7 Å². The van der Waals surface area contributed by atoms with Crippen molar-refractivity contribution in [1.82, 2.24) is 18.3 Å². The molecule has 4 atom stereocenters. The quantitative estimate of drug-likeness (QED) is 0.0355. The Bertz CT molecular complexity index is 9030. The first-order valence-corrected chi connectivity index (χ1v) is 55.4. The van der Waals surface area contributed by atoms with Gasteiger partial charge in [-0.25, -0.2) is 29.6 Å². The molecule has 15 N–H and O–H groups in total. The Balaban J connectivity index is 0.000000130. The molecule has 20 rings (SSSR count). The molecule has 4 unspecified atom stereocenters. The highest BCUT2D eigenvalue weighted by molar-refractivity contribution is 9.10. The Morgan fingerprint density at radius 2 is 0.676 bits per heavy atom. The maximum atomic E-state index is 13.7. The smallest absolute Gasteiger partial charge is 0.346 e. The number of fused-ring (bicyclic) bond motifs is 8. The number of benzene rings is 11. The van der Waals surface area contributed by atoms with Gasteiger partial charge >= 0.3 is 30.1 Å². The standard InChI is InChI=1S/C24H19BrN3O4P.C24H19ClFN4O6PS.C24H21N4O6PS.C22H19N4O7PS/c1-14-9-10-18-20(11-14)33(31,32)27-23(26-18)21-22(29)17-7-2-3-8-19(17)28(24(21)30)13-15-5-4-6-16(25)12-15;1-38(35,36)29-14-7-9-18-20(11-14)37(33,34)28-23(27-18)21-22(31)15-4-2-3-5-19(15)30(24(21)32)12-13-6-8-17(26)16(25)10-13;1-36(33,34)27-16-11-12-18-20(13-16)35(31,32)26-23(25-18)21-22(29)17-9-5-6-10-19(17)28(24(21)30)14-15-7-3-2-4-8-15;1-35(31,32)25-14-6-7-16-18(10-14)34(29,30)24-21(23-16)19-20(27)15-4-2-3-5-17(15)26(22(19)28)11-13-8-9-33-12-13/h2-12,29H,13H2,1H3,(H2,26,27,31,32);2-11,29,31H,12H2,1H3,(H2,27,28,33,34);2-13,27,29H,14H2,1H3,(H2,25,26,31,32);2-10,12,25,27H,11H2,1H3,(H2,23,24,29,30). The molecule has 0 radical (unpaired) electrons. The summed E-state index contributed by atoms with van der Waals surface area (Å²) in [5, 5.41) is 56.8. The van der Waals surface area contributed by atoms with Crippen LogP contribution in [0.2, 0.25) is 5.02 Å². The molecule has 726 valence electrons. The third-order valence-corrected chi connectivity index (χ3v) is 30.9. The topological polar surface area (TPSA) is 567 Å². The fraction of sp³-hybridized carbons (Fsp3) is 0.0851. The summed E-state index contributed by atoms with van der Waals surface area (Å²) in [5.41, 5.74) is 3.11. The van der Waals surface area contributed by atoms with Crippen molar-refractivity contribution in [2.75, 3.05) is 54.2 Å². The number of hydrogen-bond donors (Lipinski definition) is 15. The summed E-state index contributed by atoms with van der Waals surface area (Å²) in [6, 6.07) is 66.6. The highest BCUT2D eigenvalue weighted by Gasteiger charge is 2.40. The summed E-state index contributed by atoms with van der Waals surface area (Å²) in [7, 11) is -28.4. The second kappa shape index (κ2) is 38.4. The summed E-state index contributed by atoms with van der Waals surface area (Å²) >= 11 is 9.36. The molecule has 16 aromatic rings. The third kappa shape index (κ3) is 20.6. The van der Waals surface area contributed by atoms with E-state index in [1.807, 2.05) is 61.5 Å². The number of aromatic nitrogens is 4. The molecule has 48 heteroatoms. The predicted octanol–water partition coefficient (Wildman–Crippen LogP) is 13.3. The Labute approximate surface area is 817 Å². The van der Waals surface area contributed by atoms with Crippen LogP contribution in [0.4, 0.5) is 44.2 Å². The largest absolute Gasteiger partial charge is 0.506 e. The van der Waals surface area contributed by atoms with Gasteiger partial charge in [-0.05, 0) is 169 Å². The van der Waals surface area contributed by atoms with Crippen LogP contribution in [-0.4, -0.2) is 126 Å². The zero-order valence-corrected chi connectivity index (χ0v) is 82.5. The van der Waals surface area contributed by atoms with E-state index in [1.165, 1.54) is 104 Å². The fourth-order valence-corrected chi connectivity index (χ4v) is 23.8. The van der Waals surface area contributed by atoms with E-state index in [-0.39, 0.29) is 155 Å². The minimum atomic E-state index is -4.51. The van der Waals surface area contributed by atoms with Crippen molar-refractivity contribution >= 4 is 216 Å². The van der Waals surface area contributed by atoms with E-state index in [4.69, 9.17) is 16.0 Å². The minimum Gasteiger partial charge on any atom is -0.506 e. The molecule has 0 spiro atoms. The normalized spacial score (nSPS) is 17.3. The molecule has 9 heterocycles. The van der Waals surface area contributed by atoms with Crippen molar-refractivity contribution in [1.29, 1.82) is 0 Å². The summed E-state index contributed by atoms with van der Waals surface area (Å²) in [4.78, 5) is 97.5. The number of nitrogens with one attached hydrogen (secondary N) is 7. The number of nitrogens with zero attached hydrogens (tertiary/aromatic N) is 8. The van der Waals surface area contributed by atoms with Crippen LogP contribution >= 0.6 is 57.6 Å². The van der Waals surface area contributed by atoms with Crippen molar-refractivity contribution in [2.24, 2.45) is 19.1 Å².